The molecule has 0 aromatic carbocycles. The van der Waals surface area contributed by atoms with Gasteiger partial charge < -0.3 is 4.90 Å². The van der Waals surface area contributed by atoms with Crippen molar-refractivity contribution in [3.63, 3.8) is 0 Å². The lowest BCUT2D eigenvalue weighted by Gasteiger charge is -2.30. The van der Waals surface area contributed by atoms with E-state index in [1.807, 2.05) is 18.7 Å². The number of sulfone groups is 1. The van der Waals surface area contributed by atoms with Crippen LogP contribution >= 0.6 is 0 Å². The molecule has 6 nitrogen and oxygen atoms in total. The standard InChI is InChI=1S/C12H20N4O2S/c1-4-10-11(5-2)14-15-12(13-10)16-6-7-19(17,18)9(3)8-16/h9H,4-8H2,1-3H3. The number of rotatable bonds is 3. The number of aromatic nitrogens is 3. The topological polar surface area (TPSA) is 76.1 Å². The maximum atomic E-state index is 11.7. The van der Waals surface area contributed by atoms with Gasteiger partial charge in [-0.15, -0.1) is 5.10 Å². The SMILES string of the molecule is CCc1nnc(N2CCS(=O)(=O)C(C)C2)nc1CC. The third-order valence-electron chi connectivity index (χ3n) is 3.52. The predicted molar refractivity (Wildman–Crippen MR) is 74.0 cm³/mol. The van der Waals surface area contributed by atoms with Crippen molar-refractivity contribution in [1.82, 2.24) is 15.2 Å². The molecule has 1 aliphatic rings. The van der Waals surface area contributed by atoms with E-state index in [0.717, 1.165) is 24.2 Å². The molecule has 19 heavy (non-hydrogen) atoms. The van der Waals surface area contributed by atoms with Crippen molar-refractivity contribution in [3.8, 4) is 0 Å². The molecular weight excluding hydrogens is 264 g/mol. The second-order valence-electron chi connectivity index (χ2n) is 4.84. The van der Waals surface area contributed by atoms with E-state index in [4.69, 9.17) is 0 Å². The Morgan fingerprint density at radius 3 is 2.47 bits per heavy atom. The van der Waals surface area contributed by atoms with Crippen LogP contribution in [0.25, 0.3) is 0 Å². The van der Waals surface area contributed by atoms with E-state index >= 15 is 0 Å². The lowest BCUT2D eigenvalue weighted by molar-refractivity contribution is 0.566. The minimum atomic E-state index is -2.95. The maximum absolute atomic E-state index is 11.7. The summed E-state index contributed by atoms with van der Waals surface area (Å²) >= 11 is 0. The number of aryl methyl sites for hydroxylation is 2. The first-order chi connectivity index (χ1) is 8.97. The second-order valence-corrected chi connectivity index (χ2v) is 7.37. The summed E-state index contributed by atoms with van der Waals surface area (Å²) in [5, 5.41) is 7.96. The molecule has 1 atom stereocenters. The van der Waals surface area contributed by atoms with Gasteiger partial charge in [0, 0.05) is 13.1 Å². The van der Waals surface area contributed by atoms with E-state index in [-0.39, 0.29) is 11.0 Å². The summed E-state index contributed by atoms with van der Waals surface area (Å²) in [7, 11) is -2.95. The van der Waals surface area contributed by atoms with Crippen LogP contribution in [0.3, 0.4) is 0 Å². The lowest BCUT2D eigenvalue weighted by atomic mass is 10.2. The lowest BCUT2D eigenvalue weighted by Crippen LogP contribution is -2.46. The molecular formula is C12H20N4O2S. The molecule has 106 valence electrons. The highest BCUT2D eigenvalue weighted by Gasteiger charge is 2.30. The van der Waals surface area contributed by atoms with Gasteiger partial charge in [-0.1, -0.05) is 13.8 Å². The van der Waals surface area contributed by atoms with Gasteiger partial charge in [0.15, 0.2) is 9.84 Å². The Morgan fingerprint density at radius 1 is 1.21 bits per heavy atom. The van der Waals surface area contributed by atoms with Gasteiger partial charge in [0.2, 0.25) is 5.95 Å². The largest absolute Gasteiger partial charge is 0.337 e. The minimum absolute atomic E-state index is 0.161. The van der Waals surface area contributed by atoms with Crippen LogP contribution in [0.5, 0.6) is 0 Å². The Morgan fingerprint density at radius 2 is 1.89 bits per heavy atom. The molecule has 1 saturated heterocycles. The molecule has 1 aliphatic heterocycles. The van der Waals surface area contributed by atoms with Crippen molar-refractivity contribution < 1.29 is 8.42 Å². The van der Waals surface area contributed by atoms with Crippen molar-refractivity contribution in [3.05, 3.63) is 11.4 Å². The molecule has 7 heteroatoms. The molecule has 0 N–H and O–H groups in total. The average molecular weight is 284 g/mol. The molecule has 2 rings (SSSR count). The van der Waals surface area contributed by atoms with Gasteiger partial charge >= 0.3 is 0 Å². The van der Waals surface area contributed by atoms with E-state index < -0.39 is 9.84 Å². The van der Waals surface area contributed by atoms with Gasteiger partial charge in [-0.25, -0.2) is 13.4 Å². The molecule has 0 radical (unpaired) electrons. The van der Waals surface area contributed by atoms with Crippen LogP contribution in [0.4, 0.5) is 5.95 Å². The summed E-state index contributed by atoms with van der Waals surface area (Å²) < 4.78 is 23.4. The molecule has 0 bridgehead atoms. The first kappa shape index (κ1) is 14.2. The van der Waals surface area contributed by atoms with Gasteiger partial charge in [0.05, 0.1) is 22.4 Å². The first-order valence-electron chi connectivity index (χ1n) is 6.67. The van der Waals surface area contributed by atoms with Gasteiger partial charge in [0.25, 0.3) is 0 Å². The molecule has 0 amide bonds. The quantitative estimate of drug-likeness (QED) is 0.810. The van der Waals surface area contributed by atoms with E-state index in [1.165, 1.54) is 0 Å². The zero-order valence-corrected chi connectivity index (χ0v) is 12.4. The third-order valence-corrected chi connectivity index (χ3v) is 5.64. The molecule has 1 fully saturated rings. The van der Waals surface area contributed by atoms with Crippen LogP contribution in [0.15, 0.2) is 0 Å². The Balaban J connectivity index is 2.24. The van der Waals surface area contributed by atoms with Crippen molar-refractivity contribution in [1.29, 1.82) is 0 Å². The normalized spacial score (nSPS) is 22.5. The van der Waals surface area contributed by atoms with Crippen LogP contribution in [0.2, 0.25) is 0 Å². The fraction of sp³-hybridized carbons (Fsp3) is 0.750. The summed E-state index contributed by atoms with van der Waals surface area (Å²) in [6.45, 7) is 6.69. The van der Waals surface area contributed by atoms with Crippen molar-refractivity contribution in [2.45, 2.75) is 38.9 Å². The number of anilines is 1. The molecule has 1 unspecified atom stereocenters. The Bertz CT molecular complexity index is 559. The molecule has 2 heterocycles. The predicted octanol–water partition coefficient (Wildman–Crippen LogP) is 0.620. The summed E-state index contributed by atoms with van der Waals surface area (Å²) in [4.78, 5) is 6.44. The summed E-state index contributed by atoms with van der Waals surface area (Å²) in [6.07, 6.45) is 1.63. The fourth-order valence-corrected chi connectivity index (χ4v) is 3.48. The average Bonchev–Trinajstić information content (AvgIpc) is 2.41. The first-order valence-corrected chi connectivity index (χ1v) is 8.38. The Kier molecular flexibility index (Phi) is 4.03. The van der Waals surface area contributed by atoms with Gasteiger partial charge in [-0.2, -0.15) is 5.10 Å². The number of nitrogens with zero attached hydrogens (tertiary/aromatic N) is 4. The van der Waals surface area contributed by atoms with Gasteiger partial charge in [-0.3, -0.25) is 0 Å². The monoisotopic (exact) mass is 284 g/mol. The second kappa shape index (κ2) is 5.40. The van der Waals surface area contributed by atoms with Crippen LogP contribution in [0.1, 0.15) is 32.2 Å². The van der Waals surface area contributed by atoms with E-state index in [1.54, 1.807) is 6.92 Å². The fourth-order valence-electron chi connectivity index (χ4n) is 2.20. The van der Waals surface area contributed by atoms with Crippen LogP contribution in [-0.2, 0) is 22.7 Å². The molecule has 0 spiro atoms. The molecule has 1 aromatic rings. The Hall–Kier alpha value is -1.24. The highest BCUT2D eigenvalue weighted by Crippen LogP contribution is 2.17. The zero-order chi connectivity index (χ0) is 14.0. The maximum Gasteiger partial charge on any atom is 0.245 e. The zero-order valence-electron chi connectivity index (χ0n) is 11.6. The van der Waals surface area contributed by atoms with E-state index in [2.05, 4.69) is 15.2 Å². The summed E-state index contributed by atoms with van der Waals surface area (Å²) in [5.74, 6) is 0.713. The number of hydrogen-bond acceptors (Lipinski definition) is 6. The molecule has 0 aliphatic carbocycles. The van der Waals surface area contributed by atoms with Crippen molar-refractivity contribution in [2.24, 2.45) is 0 Å². The van der Waals surface area contributed by atoms with Crippen molar-refractivity contribution in [2.75, 3.05) is 23.7 Å². The molecule has 0 saturated carbocycles. The summed E-state index contributed by atoms with van der Waals surface area (Å²) in [5.41, 5.74) is 1.87. The van der Waals surface area contributed by atoms with Crippen LogP contribution in [0, 0.1) is 0 Å². The summed E-state index contributed by atoms with van der Waals surface area (Å²) in [6, 6.07) is 0. The Labute approximate surface area is 114 Å². The van der Waals surface area contributed by atoms with Crippen molar-refractivity contribution >= 4 is 15.8 Å². The number of hydrogen-bond donors (Lipinski definition) is 0. The van der Waals surface area contributed by atoms with Crippen LogP contribution in [-0.4, -0.2) is 47.7 Å². The van der Waals surface area contributed by atoms with E-state index in [0.29, 0.717) is 19.0 Å². The third kappa shape index (κ3) is 2.86. The van der Waals surface area contributed by atoms with Gasteiger partial charge in [0.1, 0.15) is 0 Å². The highest BCUT2D eigenvalue weighted by molar-refractivity contribution is 7.92. The van der Waals surface area contributed by atoms with Gasteiger partial charge in [-0.05, 0) is 19.8 Å². The minimum Gasteiger partial charge on any atom is -0.337 e. The smallest absolute Gasteiger partial charge is 0.245 e. The van der Waals surface area contributed by atoms with E-state index in [9.17, 15) is 8.42 Å². The van der Waals surface area contributed by atoms with Crippen LogP contribution < -0.4 is 4.90 Å². The highest BCUT2D eigenvalue weighted by atomic mass is 32.2. The molecule has 1 aromatic heterocycles.